The van der Waals surface area contributed by atoms with E-state index in [0.29, 0.717) is 45.6 Å². The summed E-state index contributed by atoms with van der Waals surface area (Å²) in [4.78, 5) is 31.2. The SMILES string of the molecule is CCCCCCOc1ccc(-c2ccc(-c3ccc(C(=O)Oc4c(-c5ccc(C6CCC(CCC)CC6)cc5)cc5ccccc5c4-c4c(OC(=O)c5ccc(-c6ccc(-c7ccc(OCCCCCC)cc7)cc6)cc5)c(-c5ccc(C6CCC(CCC)CC6)cc5)cc5ccccc45)cc3)cc2)cc1. The third kappa shape index (κ3) is 17.3. The molecule has 0 unspecified atom stereocenters. The van der Waals surface area contributed by atoms with Crippen molar-refractivity contribution in [3.05, 3.63) is 277 Å². The lowest BCUT2D eigenvalue weighted by molar-refractivity contribution is 0.0724. The highest BCUT2D eigenvalue weighted by Gasteiger charge is 2.31. The third-order valence-electron chi connectivity index (χ3n) is 22.7. The van der Waals surface area contributed by atoms with Gasteiger partial charge < -0.3 is 18.9 Å². The first kappa shape index (κ1) is 72.6. The zero-order chi connectivity index (χ0) is 72.6. The van der Waals surface area contributed by atoms with E-state index in [9.17, 15) is 0 Å². The number of carbonyl (C=O) groups is 2. The summed E-state index contributed by atoms with van der Waals surface area (Å²) < 4.78 is 26.5. The Hall–Kier alpha value is -10.3. The first-order valence-electron chi connectivity index (χ1n) is 39.8. The molecule has 538 valence electrons. The molecule has 2 aliphatic rings. The van der Waals surface area contributed by atoms with Crippen LogP contribution >= 0.6 is 0 Å². The van der Waals surface area contributed by atoms with Gasteiger partial charge >= 0.3 is 11.9 Å². The first-order chi connectivity index (χ1) is 52.2. The Morgan fingerprint density at radius 3 is 0.934 bits per heavy atom. The maximum absolute atomic E-state index is 15.6. The molecule has 2 fully saturated rings. The van der Waals surface area contributed by atoms with E-state index in [1.807, 2.05) is 60.7 Å². The standard InChI is InChI=1S/C100H102O6/c1-5-9-11-17-65-103-89-61-57-81(58-62-89)75-37-33-73(34-38-75)79-45-53-85(54-46-79)99(101)105-97-93(83-49-41-77(42-50-83)71-29-25-69(19-7-3)26-30-71)67-87-21-13-15-23-91(87)95(97)96-92-24-16-14-22-88(92)68-94(84-51-43-78(44-52-84)72-31-27-70(20-8-4)28-32-72)98(96)106-100(102)86-55-47-80(48-56-86)74-35-39-76(40-36-74)82-59-63-90(64-60-82)104-66-18-12-10-6-2/h13-16,21-24,33-64,67-72H,5-12,17-20,25-32,65-66H2,1-4H3. The Bertz CT molecular complexity index is 4550. The number of unbranched alkanes of at least 4 members (excludes halogenated alkanes) is 6. The zero-order valence-electron chi connectivity index (χ0n) is 62.6. The van der Waals surface area contributed by atoms with Crippen LogP contribution in [0.3, 0.4) is 0 Å². The Kier molecular flexibility index (Phi) is 24.1. The van der Waals surface area contributed by atoms with Crippen LogP contribution in [-0.4, -0.2) is 25.2 Å². The van der Waals surface area contributed by atoms with E-state index in [1.54, 1.807) is 0 Å². The molecule has 12 aromatic carbocycles. The normalized spacial score (nSPS) is 15.8. The van der Waals surface area contributed by atoms with Gasteiger partial charge in [0.2, 0.25) is 0 Å². The van der Waals surface area contributed by atoms with Gasteiger partial charge in [-0.1, -0.05) is 286 Å². The van der Waals surface area contributed by atoms with Crippen molar-refractivity contribution in [2.45, 2.75) is 168 Å². The summed E-state index contributed by atoms with van der Waals surface area (Å²) in [5.41, 5.74) is 16.6. The Balaban J connectivity index is 0.841. The number of benzene rings is 12. The van der Waals surface area contributed by atoms with Crippen molar-refractivity contribution in [1.82, 2.24) is 0 Å². The summed E-state index contributed by atoms with van der Waals surface area (Å²) in [6.45, 7) is 10.5. The zero-order valence-corrected chi connectivity index (χ0v) is 62.6. The van der Waals surface area contributed by atoms with Crippen LogP contribution in [0, 0.1) is 11.8 Å². The van der Waals surface area contributed by atoms with Crippen LogP contribution in [0.2, 0.25) is 0 Å². The molecule has 0 amide bonds. The lowest BCUT2D eigenvalue weighted by Crippen LogP contribution is -2.13. The lowest BCUT2D eigenvalue weighted by atomic mass is 9.77. The van der Waals surface area contributed by atoms with Crippen molar-refractivity contribution >= 4 is 33.5 Å². The molecule has 0 aromatic heterocycles. The van der Waals surface area contributed by atoms with Gasteiger partial charge in [-0.25, -0.2) is 9.59 Å². The van der Waals surface area contributed by atoms with Crippen molar-refractivity contribution in [2.24, 2.45) is 11.8 Å². The van der Waals surface area contributed by atoms with E-state index < -0.39 is 11.9 Å². The van der Waals surface area contributed by atoms with Crippen molar-refractivity contribution in [1.29, 1.82) is 0 Å². The van der Waals surface area contributed by atoms with Crippen LogP contribution < -0.4 is 18.9 Å². The van der Waals surface area contributed by atoms with Crippen molar-refractivity contribution < 1.29 is 28.5 Å². The maximum Gasteiger partial charge on any atom is 0.343 e. The Morgan fingerprint density at radius 1 is 0.311 bits per heavy atom. The van der Waals surface area contributed by atoms with Crippen LogP contribution in [0.15, 0.2) is 255 Å². The predicted octanol–water partition coefficient (Wildman–Crippen LogP) is 28.2. The minimum atomic E-state index is -0.505. The molecule has 14 rings (SSSR count). The average Bonchev–Trinajstić information content (AvgIpc) is 0.726. The van der Waals surface area contributed by atoms with Crippen molar-refractivity contribution in [2.75, 3.05) is 13.2 Å². The van der Waals surface area contributed by atoms with Crippen LogP contribution in [-0.2, 0) is 0 Å². The molecule has 0 bridgehead atoms. The molecule has 0 spiro atoms. The van der Waals surface area contributed by atoms with Gasteiger partial charge in [-0.05, 0) is 237 Å². The van der Waals surface area contributed by atoms with Gasteiger partial charge in [0.25, 0.3) is 0 Å². The van der Waals surface area contributed by atoms with Crippen LogP contribution in [0.1, 0.15) is 200 Å². The van der Waals surface area contributed by atoms with E-state index in [-0.39, 0.29) is 0 Å². The number of rotatable bonds is 29. The molecule has 2 saturated carbocycles. The van der Waals surface area contributed by atoms with Gasteiger partial charge in [-0.3, -0.25) is 0 Å². The van der Waals surface area contributed by atoms with Crippen LogP contribution in [0.25, 0.3) is 99.4 Å². The summed E-state index contributed by atoms with van der Waals surface area (Å²) in [7, 11) is 0. The molecule has 2 aliphatic carbocycles. The third-order valence-corrected chi connectivity index (χ3v) is 22.7. The number of hydrogen-bond donors (Lipinski definition) is 0. The number of esters is 2. The number of carbonyl (C=O) groups excluding carboxylic acids is 2. The second kappa shape index (κ2) is 35.2. The van der Waals surface area contributed by atoms with Gasteiger partial charge in [-0.2, -0.15) is 0 Å². The van der Waals surface area contributed by atoms with Crippen LogP contribution in [0.4, 0.5) is 0 Å². The Morgan fingerprint density at radius 2 is 0.613 bits per heavy atom. The summed E-state index contributed by atoms with van der Waals surface area (Å²) in [5, 5.41) is 3.59. The maximum atomic E-state index is 15.6. The number of ether oxygens (including phenoxy) is 4. The van der Waals surface area contributed by atoms with E-state index >= 15 is 9.59 Å². The van der Waals surface area contributed by atoms with Gasteiger partial charge in [0, 0.05) is 22.3 Å². The summed E-state index contributed by atoms with van der Waals surface area (Å²) in [6.07, 6.45) is 24.2. The fourth-order valence-electron chi connectivity index (χ4n) is 16.6. The van der Waals surface area contributed by atoms with E-state index in [1.165, 1.54) is 127 Å². The molecule has 6 nitrogen and oxygen atoms in total. The van der Waals surface area contributed by atoms with Gasteiger partial charge in [-0.15, -0.1) is 0 Å². The molecule has 12 aromatic rings. The molecule has 106 heavy (non-hydrogen) atoms. The summed E-state index contributed by atoms with van der Waals surface area (Å²) >= 11 is 0. The van der Waals surface area contributed by atoms with Gasteiger partial charge in [0.1, 0.15) is 23.0 Å². The molecule has 0 N–H and O–H groups in total. The molecular formula is C100H102O6. The number of fused-ring (bicyclic) bond motifs is 2. The first-order valence-corrected chi connectivity index (χ1v) is 39.8. The van der Waals surface area contributed by atoms with Crippen molar-refractivity contribution in [3.63, 3.8) is 0 Å². The topological polar surface area (TPSA) is 71.1 Å². The highest BCUT2D eigenvalue weighted by Crippen LogP contribution is 2.54. The average molecular weight is 1400 g/mol. The predicted molar refractivity (Wildman–Crippen MR) is 441 cm³/mol. The van der Waals surface area contributed by atoms with Crippen molar-refractivity contribution in [3.8, 4) is 101 Å². The quantitative estimate of drug-likeness (QED) is 0.0264. The second-order valence-corrected chi connectivity index (χ2v) is 29.9. The van der Waals surface area contributed by atoms with Gasteiger partial charge in [0.05, 0.1) is 24.3 Å². The largest absolute Gasteiger partial charge is 0.494 e. The molecule has 6 heteroatoms. The minimum absolute atomic E-state index is 0.381. The van der Waals surface area contributed by atoms with Gasteiger partial charge in [0.15, 0.2) is 0 Å². The van der Waals surface area contributed by atoms with E-state index in [2.05, 4.69) is 222 Å². The highest BCUT2D eigenvalue weighted by atomic mass is 16.5. The molecule has 0 heterocycles. The summed E-state index contributed by atoms with van der Waals surface area (Å²) in [6, 6.07) is 88.4. The molecule has 0 saturated heterocycles. The smallest absolute Gasteiger partial charge is 0.343 e. The molecule has 0 aliphatic heterocycles. The molecule has 0 atom stereocenters. The summed E-state index contributed by atoms with van der Waals surface area (Å²) in [5.74, 6) is 4.09. The monoisotopic (exact) mass is 1400 g/mol. The Labute approximate surface area is 629 Å². The number of hydrogen-bond acceptors (Lipinski definition) is 6. The fraction of sp³-hybridized carbons (Fsp3) is 0.300. The minimum Gasteiger partial charge on any atom is -0.494 e. The van der Waals surface area contributed by atoms with Crippen LogP contribution in [0.5, 0.6) is 23.0 Å². The van der Waals surface area contributed by atoms with E-state index in [0.717, 1.165) is 138 Å². The highest BCUT2D eigenvalue weighted by molar-refractivity contribution is 6.16. The van der Waals surface area contributed by atoms with E-state index in [4.69, 9.17) is 18.9 Å². The lowest BCUT2D eigenvalue weighted by Gasteiger charge is -2.29. The molecule has 0 radical (unpaired) electrons. The fourth-order valence-corrected chi connectivity index (χ4v) is 16.6. The molecular weight excluding hydrogens is 1300 g/mol. The second-order valence-electron chi connectivity index (χ2n) is 29.9.